The van der Waals surface area contributed by atoms with Crippen LogP contribution in [-0.4, -0.2) is 35.8 Å². The molecule has 8 heteroatoms. The van der Waals surface area contributed by atoms with Crippen LogP contribution in [0.25, 0.3) is 101 Å². The lowest BCUT2D eigenvalue weighted by Crippen LogP contribution is -2.64. The van der Waals surface area contributed by atoms with E-state index >= 15 is 0 Å². The number of thiophene rings is 2. The highest BCUT2D eigenvalue weighted by Gasteiger charge is 2.46. The summed E-state index contributed by atoms with van der Waals surface area (Å²) in [5, 5.41) is 7.58. The topological polar surface area (TPSA) is 36.1 Å². The van der Waals surface area contributed by atoms with Gasteiger partial charge < -0.3 is 14.4 Å². The van der Waals surface area contributed by atoms with Crippen molar-refractivity contribution < 1.29 is 0 Å². The maximum Gasteiger partial charge on any atom is 0.252 e. The molecule has 5 nitrogen and oxygen atoms in total. The average Bonchev–Trinajstić information content (AvgIpc) is 1.16. The summed E-state index contributed by atoms with van der Waals surface area (Å²) in [6.45, 7) is 4.56. The maximum absolute atomic E-state index is 5.24. The van der Waals surface area contributed by atoms with Gasteiger partial charge in [0.2, 0.25) is 0 Å². The van der Waals surface area contributed by atoms with Gasteiger partial charge in [0, 0.05) is 123 Å². The zero-order valence-corrected chi connectivity index (χ0v) is 56.0. The summed E-state index contributed by atoms with van der Waals surface area (Å²) in [7, 11) is 0. The summed E-state index contributed by atoms with van der Waals surface area (Å²) in [4.78, 5) is 15.8. The Kier molecular flexibility index (Phi) is 15.1. The van der Waals surface area contributed by atoms with Gasteiger partial charge in [0.15, 0.2) is 0 Å². The van der Waals surface area contributed by atoms with Crippen LogP contribution in [-0.2, 0) is 12.8 Å². The van der Waals surface area contributed by atoms with Gasteiger partial charge in [-0.25, -0.2) is 0 Å². The number of fused-ring (bicyclic) bond motifs is 13. The molecule has 2 aliphatic heterocycles. The van der Waals surface area contributed by atoms with Crippen LogP contribution in [0.3, 0.4) is 0 Å². The van der Waals surface area contributed by atoms with Crippen molar-refractivity contribution in [3.05, 3.63) is 338 Å². The van der Waals surface area contributed by atoms with E-state index in [9.17, 15) is 0 Å². The lowest BCUT2D eigenvalue weighted by molar-refractivity contribution is 0.868. The Bertz CT molecular complexity index is 5530. The van der Waals surface area contributed by atoms with E-state index in [1.807, 2.05) is 22.7 Å². The Balaban J connectivity index is 0.930. The van der Waals surface area contributed by atoms with E-state index in [4.69, 9.17) is 9.98 Å². The summed E-state index contributed by atoms with van der Waals surface area (Å²) in [5.41, 5.74) is 23.3. The number of hydrogen-bond acceptors (Lipinski definition) is 6. The number of hydrogen-bond donors (Lipinski definition) is 0. The third kappa shape index (κ3) is 10.4. The molecule has 0 N–H and O–H groups in total. The van der Waals surface area contributed by atoms with Gasteiger partial charge in [-0.3, -0.25) is 9.98 Å². The zero-order chi connectivity index (χ0) is 65.2. The van der Waals surface area contributed by atoms with Crippen LogP contribution < -0.4 is 26.2 Å². The van der Waals surface area contributed by atoms with Gasteiger partial charge in [-0.1, -0.05) is 231 Å². The van der Waals surface area contributed by atoms with Crippen molar-refractivity contribution in [3.63, 3.8) is 0 Å². The van der Waals surface area contributed by atoms with Gasteiger partial charge in [0.25, 0.3) is 6.71 Å². The molecule has 3 aromatic heterocycles. The van der Waals surface area contributed by atoms with E-state index in [1.54, 1.807) is 0 Å². The molecule has 0 saturated carbocycles. The highest BCUT2D eigenvalue weighted by molar-refractivity contribution is 7.26. The second-order valence-corrected chi connectivity index (χ2v) is 28.1. The Morgan fingerprint density at radius 2 is 0.724 bits per heavy atom. The van der Waals surface area contributed by atoms with Crippen LogP contribution >= 0.6 is 22.7 Å². The summed E-state index contributed by atoms with van der Waals surface area (Å²) in [6, 6.07) is 112. The van der Waals surface area contributed by atoms with Gasteiger partial charge in [-0.2, -0.15) is 0 Å². The number of rotatable bonds is 15. The minimum atomic E-state index is -0.243. The summed E-state index contributed by atoms with van der Waals surface area (Å²) in [6.07, 6.45) is 9.82. The lowest BCUT2D eigenvalue weighted by Gasteiger charge is -2.48. The minimum Gasteiger partial charge on any atom is -0.335 e. The van der Waals surface area contributed by atoms with Crippen LogP contribution in [0.15, 0.2) is 326 Å². The highest BCUT2D eigenvalue weighted by Crippen LogP contribution is 2.48. The number of aromatic nitrogens is 1. The third-order valence-corrected chi connectivity index (χ3v) is 22.6. The Morgan fingerprint density at radius 1 is 0.357 bits per heavy atom. The Hall–Kier alpha value is -11.4. The summed E-state index contributed by atoms with van der Waals surface area (Å²) < 4.78 is 7.70. The maximum atomic E-state index is 5.24. The van der Waals surface area contributed by atoms with Crippen molar-refractivity contribution in [2.75, 3.05) is 9.80 Å². The van der Waals surface area contributed by atoms with E-state index in [-0.39, 0.29) is 18.8 Å². The number of para-hydroxylation sites is 2. The molecule has 0 spiro atoms. The fourth-order valence-corrected chi connectivity index (χ4v) is 17.8. The number of anilines is 4. The summed E-state index contributed by atoms with van der Waals surface area (Å²) >= 11 is 3.73. The van der Waals surface area contributed by atoms with Gasteiger partial charge in [-0.15, -0.1) is 22.7 Å². The minimum absolute atomic E-state index is 0.221. The van der Waals surface area contributed by atoms with Crippen LogP contribution in [0, 0.1) is 0 Å². The molecule has 466 valence electrons. The van der Waals surface area contributed by atoms with E-state index in [0.717, 1.165) is 74.6 Å². The predicted molar refractivity (Wildman–Crippen MR) is 424 cm³/mol. The van der Waals surface area contributed by atoms with Crippen molar-refractivity contribution in [1.29, 1.82) is 0 Å². The monoisotopic (exact) mass is 1290 g/mol. The number of nitrogens with zero attached hydrogens (tertiary/aromatic N) is 5. The molecule has 0 radical (unpaired) electrons. The quantitative estimate of drug-likeness (QED) is 0.0758. The van der Waals surface area contributed by atoms with Crippen LogP contribution in [0.4, 0.5) is 22.7 Å². The molecule has 0 fully saturated rings. The average molecular weight is 1290 g/mol. The first kappa shape index (κ1) is 59.1. The molecule has 0 bridgehead atoms. The van der Waals surface area contributed by atoms with E-state index in [2.05, 4.69) is 356 Å². The molecular weight excluding hydrogens is 1230 g/mol. The predicted octanol–water partition coefficient (Wildman–Crippen LogP) is 21.8. The van der Waals surface area contributed by atoms with Crippen molar-refractivity contribution >= 4 is 154 Å². The SMILES string of the molecule is CC(/C(=C\N=CCc1ccccc1)c1ccccc1)N1c2ccc(-c3ccc4sc5ccccc5c4c3)cc2B2c3cc(-c4ccc5sc6ccccc6c5c4)ccc3N(C(C)/C(=C\N=CCc3ccccc3)c3ccccc3)c3cc(-n4c5ccccc5c5ccccc54)cc1c32. The molecular formula is C90H66BN5S2. The van der Waals surface area contributed by atoms with Crippen molar-refractivity contribution in [2.45, 2.75) is 38.8 Å². The van der Waals surface area contributed by atoms with E-state index < -0.39 is 0 Å². The Labute approximate surface area is 579 Å². The largest absolute Gasteiger partial charge is 0.335 e. The number of aliphatic imine (C=N–C) groups is 2. The molecule has 2 atom stereocenters. The van der Waals surface area contributed by atoms with Crippen LogP contribution in [0.5, 0.6) is 0 Å². The highest BCUT2D eigenvalue weighted by atomic mass is 32.1. The fourth-order valence-electron chi connectivity index (χ4n) is 15.6. The van der Waals surface area contributed by atoms with Crippen LogP contribution in [0.1, 0.15) is 36.1 Å². The Morgan fingerprint density at radius 3 is 1.17 bits per heavy atom. The lowest BCUT2D eigenvalue weighted by atomic mass is 9.33. The molecule has 98 heavy (non-hydrogen) atoms. The standard InChI is InChI=1S/C90H66BN5S2/c1-59(76(63-27-11-5-12-28-63)57-92-49-47-61-23-7-3-8-24-61)94-82-43-39-67(65-41-45-88-74(51-65)72-33-17-21-37-86(72)97-88)53-78(82)91-79-54-68(66-42-46-89-75(52-66)73-34-18-22-38-87(73)98-89)40-44-83(79)95(60(2)77(64-29-13-6-14-30-64)58-93-50-48-62-25-9-4-10-26-62)85-56-69(55-84(94)90(85)91)96-80-35-19-15-31-70(80)71-32-16-20-36-81(71)96/h3-46,49-60H,47-48H2,1-2H3/b76-57+,77-58+,92-49?,93-50?. The van der Waals surface area contributed by atoms with Crippen molar-refractivity contribution in [1.82, 2.24) is 4.57 Å². The molecule has 0 aliphatic carbocycles. The third-order valence-electron chi connectivity index (χ3n) is 20.3. The molecule has 16 aromatic rings. The molecule has 2 aliphatic rings. The first-order valence-electron chi connectivity index (χ1n) is 33.9. The van der Waals surface area contributed by atoms with Gasteiger partial charge in [-0.05, 0) is 148 Å². The molecule has 0 saturated heterocycles. The van der Waals surface area contributed by atoms with Gasteiger partial charge in [0.05, 0.1) is 28.8 Å². The fraction of sp³-hybridized carbons (Fsp3) is 0.0667. The molecule has 2 unspecified atom stereocenters. The van der Waals surface area contributed by atoms with E-state index in [1.165, 1.54) is 101 Å². The van der Waals surface area contributed by atoms with Crippen molar-refractivity contribution in [2.24, 2.45) is 9.98 Å². The van der Waals surface area contributed by atoms with Gasteiger partial charge >= 0.3 is 0 Å². The second kappa shape index (κ2) is 25.0. The first-order valence-corrected chi connectivity index (χ1v) is 35.6. The van der Waals surface area contributed by atoms with Crippen molar-refractivity contribution in [3.8, 4) is 27.9 Å². The summed E-state index contributed by atoms with van der Waals surface area (Å²) in [5.74, 6) is 0. The molecule has 0 amide bonds. The molecule has 5 heterocycles. The number of benzene rings is 13. The van der Waals surface area contributed by atoms with E-state index in [0.29, 0.717) is 0 Å². The van der Waals surface area contributed by atoms with Gasteiger partial charge in [0.1, 0.15) is 0 Å². The normalized spacial score (nSPS) is 13.8. The molecule has 18 rings (SSSR count). The molecule has 13 aromatic carbocycles. The zero-order valence-electron chi connectivity index (χ0n) is 54.4. The van der Waals surface area contributed by atoms with Crippen LogP contribution in [0.2, 0.25) is 0 Å². The first-order chi connectivity index (χ1) is 48.5. The smallest absolute Gasteiger partial charge is 0.252 e. The second-order valence-electron chi connectivity index (χ2n) is 25.9.